The number of carboxylic acid groups (broad SMARTS) is 1. The van der Waals surface area contributed by atoms with E-state index in [0.29, 0.717) is 31.7 Å². The third-order valence-corrected chi connectivity index (χ3v) is 6.69. The van der Waals surface area contributed by atoms with Gasteiger partial charge >= 0.3 is 5.97 Å². The third kappa shape index (κ3) is 3.37. The van der Waals surface area contributed by atoms with E-state index in [0.717, 1.165) is 41.1 Å². The van der Waals surface area contributed by atoms with Crippen molar-refractivity contribution in [1.82, 2.24) is 4.57 Å². The maximum atomic E-state index is 14.2. The number of carbonyl (C=O) groups is 1. The number of phenols is 1. The highest BCUT2D eigenvalue weighted by atomic mass is 19.2. The molecule has 2 heterocycles. The summed E-state index contributed by atoms with van der Waals surface area (Å²) < 4.78 is 35.3. The highest BCUT2D eigenvalue weighted by Crippen LogP contribution is 2.50. The standard InChI is InChI=1S/C24H23F2NO4/c25-19-3-1-16(11-20(19)26)27-21-4-2-17(28)12-18(21)22(14-9-15(10-14)24(29)30)23(27)13-5-7-31-8-6-13/h1-4,11-15,28H,5-10H2,(H,29,30). The Labute approximate surface area is 177 Å². The summed E-state index contributed by atoms with van der Waals surface area (Å²) in [6.45, 7) is 1.22. The topological polar surface area (TPSA) is 71.7 Å². The molecule has 3 aromatic rings. The van der Waals surface area contributed by atoms with Gasteiger partial charge in [0, 0.05) is 42.0 Å². The fourth-order valence-corrected chi connectivity index (χ4v) is 5.08. The summed E-state index contributed by atoms with van der Waals surface area (Å²) in [5.41, 5.74) is 3.30. The third-order valence-electron chi connectivity index (χ3n) is 6.69. The Morgan fingerprint density at radius 2 is 1.74 bits per heavy atom. The van der Waals surface area contributed by atoms with Crippen LogP contribution in [-0.2, 0) is 9.53 Å². The molecular formula is C24H23F2NO4. The van der Waals surface area contributed by atoms with E-state index < -0.39 is 17.6 Å². The van der Waals surface area contributed by atoms with Crippen molar-refractivity contribution in [2.45, 2.75) is 37.5 Å². The lowest BCUT2D eigenvalue weighted by molar-refractivity contribution is -0.145. The van der Waals surface area contributed by atoms with Crippen LogP contribution in [0.5, 0.6) is 5.75 Å². The second-order valence-electron chi connectivity index (χ2n) is 8.52. The molecule has 0 atom stereocenters. The molecule has 7 heteroatoms. The molecule has 0 spiro atoms. The van der Waals surface area contributed by atoms with Crippen LogP contribution in [0.15, 0.2) is 36.4 Å². The number of hydrogen-bond acceptors (Lipinski definition) is 3. The van der Waals surface area contributed by atoms with Crippen LogP contribution < -0.4 is 0 Å². The van der Waals surface area contributed by atoms with Gasteiger partial charge in [0.25, 0.3) is 0 Å². The van der Waals surface area contributed by atoms with Gasteiger partial charge in [-0.3, -0.25) is 4.79 Å². The van der Waals surface area contributed by atoms with Gasteiger partial charge in [0.1, 0.15) is 5.75 Å². The van der Waals surface area contributed by atoms with Crippen LogP contribution in [0.25, 0.3) is 16.6 Å². The zero-order chi connectivity index (χ0) is 21.7. The first-order chi connectivity index (χ1) is 14.9. The second-order valence-corrected chi connectivity index (χ2v) is 8.52. The van der Waals surface area contributed by atoms with Crippen molar-refractivity contribution in [3.05, 3.63) is 59.3 Å². The van der Waals surface area contributed by atoms with E-state index in [1.807, 2.05) is 4.57 Å². The summed E-state index contributed by atoms with van der Waals surface area (Å²) in [4.78, 5) is 11.4. The summed E-state index contributed by atoms with van der Waals surface area (Å²) in [5, 5.41) is 20.4. The molecular weight excluding hydrogens is 404 g/mol. The van der Waals surface area contributed by atoms with Crippen molar-refractivity contribution in [2.24, 2.45) is 5.92 Å². The number of carboxylic acids is 1. The van der Waals surface area contributed by atoms with Crippen molar-refractivity contribution >= 4 is 16.9 Å². The van der Waals surface area contributed by atoms with Crippen LogP contribution in [0.2, 0.25) is 0 Å². The first kappa shape index (κ1) is 20.0. The molecule has 2 N–H and O–H groups in total. The Hall–Kier alpha value is -2.93. The number of nitrogens with zero attached hydrogens (tertiary/aromatic N) is 1. The molecule has 1 aliphatic heterocycles. The summed E-state index contributed by atoms with van der Waals surface area (Å²) in [6, 6.07) is 8.92. The van der Waals surface area contributed by atoms with Gasteiger partial charge in [-0.2, -0.15) is 0 Å². The van der Waals surface area contributed by atoms with Crippen LogP contribution in [0.4, 0.5) is 8.78 Å². The number of rotatable bonds is 4. The minimum absolute atomic E-state index is 0.0368. The Morgan fingerprint density at radius 3 is 2.42 bits per heavy atom. The molecule has 2 aromatic carbocycles. The van der Waals surface area contributed by atoms with Crippen molar-refractivity contribution < 1.29 is 28.5 Å². The Bertz CT molecular complexity index is 1160. The zero-order valence-electron chi connectivity index (χ0n) is 16.9. The van der Waals surface area contributed by atoms with E-state index in [-0.39, 0.29) is 23.5 Å². The van der Waals surface area contributed by atoms with E-state index in [9.17, 15) is 23.8 Å². The van der Waals surface area contributed by atoms with Crippen molar-refractivity contribution in [3.8, 4) is 11.4 Å². The Morgan fingerprint density at radius 1 is 1.00 bits per heavy atom. The van der Waals surface area contributed by atoms with E-state index in [2.05, 4.69) is 0 Å². The van der Waals surface area contributed by atoms with E-state index in [4.69, 9.17) is 4.74 Å². The zero-order valence-corrected chi connectivity index (χ0v) is 16.9. The van der Waals surface area contributed by atoms with Gasteiger partial charge in [-0.25, -0.2) is 8.78 Å². The summed E-state index contributed by atoms with van der Waals surface area (Å²) in [6.07, 6.45) is 2.62. The first-order valence-electron chi connectivity index (χ1n) is 10.6. The summed E-state index contributed by atoms with van der Waals surface area (Å²) in [5.74, 6) is -2.72. The fraction of sp³-hybridized carbons (Fsp3) is 0.375. The summed E-state index contributed by atoms with van der Waals surface area (Å²) >= 11 is 0. The van der Waals surface area contributed by atoms with Crippen molar-refractivity contribution in [3.63, 3.8) is 0 Å². The number of benzene rings is 2. The average Bonchev–Trinajstić information content (AvgIpc) is 3.03. The number of aromatic hydroxyl groups is 1. The van der Waals surface area contributed by atoms with Crippen molar-refractivity contribution in [1.29, 1.82) is 0 Å². The first-order valence-corrected chi connectivity index (χ1v) is 10.6. The van der Waals surface area contributed by atoms with Gasteiger partial charge in [0.15, 0.2) is 11.6 Å². The highest BCUT2D eigenvalue weighted by Gasteiger charge is 2.40. The largest absolute Gasteiger partial charge is 0.508 e. The van der Waals surface area contributed by atoms with Gasteiger partial charge in [-0.05, 0) is 67.5 Å². The van der Waals surface area contributed by atoms with Crippen molar-refractivity contribution in [2.75, 3.05) is 13.2 Å². The molecule has 0 radical (unpaired) electrons. The van der Waals surface area contributed by atoms with Crippen LogP contribution >= 0.6 is 0 Å². The summed E-state index contributed by atoms with van der Waals surface area (Å²) in [7, 11) is 0. The minimum Gasteiger partial charge on any atom is -0.508 e. The second kappa shape index (κ2) is 7.64. The SMILES string of the molecule is O=C(O)C1CC(c2c(C3CCOCC3)n(-c3ccc(F)c(F)c3)c3ccc(O)cc23)C1. The predicted octanol–water partition coefficient (Wildman–Crippen LogP) is 5.09. The van der Waals surface area contributed by atoms with Gasteiger partial charge in [-0.1, -0.05) is 0 Å². The number of ether oxygens (including phenoxy) is 1. The van der Waals surface area contributed by atoms with Gasteiger partial charge in [0.2, 0.25) is 0 Å². The molecule has 1 saturated heterocycles. The quantitative estimate of drug-likeness (QED) is 0.609. The molecule has 162 valence electrons. The fourth-order valence-electron chi connectivity index (χ4n) is 5.08. The highest BCUT2D eigenvalue weighted by molar-refractivity contribution is 5.90. The van der Waals surface area contributed by atoms with Crippen LogP contribution in [0, 0.1) is 17.6 Å². The molecule has 5 rings (SSSR count). The monoisotopic (exact) mass is 427 g/mol. The molecule has 0 bridgehead atoms. The molecule has 5 nitrogen and oxygen atoms in total. The molecule has 2 fully saturated rings. The van der Waals surface area contributed by atoms with Gasteiger partial charge in [0.05, 0.1) is 11.4 Å². The minimum atomic E-state index is -0.924. The smallest absolute Gasteiger partial charge is 0.306 e. The molecule has 1 aliphatic carbocycles. The number of phenolic OH excluding ortho intramolecular Hbond substituents is 1. The molecule has 31 heavy (non-hydrogen) atoms. The molecule has 0 unspecified atom stereocenters. The molecule has 1 saturated carbocycles. The number of hydrogen-bond donors (Lipinski definition) is 2. The lowest BCUT2D eigenvalue weighted by Gasteiger charge is -2.35. The van der Waals surface area contributed by atoms with E-state index in [1.165, 1.54) is 6.07 Å². The Kier molecular flexibility index (Phi) is 4.93. The number of aliphatic carboxylic acids is 1. The normalized spacial score (nSPS) is 21.9. The van der Waals surface area contributed by atoms with Crippen LogP contribution in [0.3, 0.4) is 0 Å². The number of fused-ring (bicyclic) bond motifs is 1. The average molecular weight is 427 g/mol. The maximum Gasteiger partial charge on any atom is 0.306 e. The van der Waals surface area contributed by atoms with E-state index >= 15 is 0 Å². The lowest BCUT2D eigenvalue weighted by Crippen LogP contribution is -2.30. The van der Waals surface area contributed by atoms with Gasteiger partial charge < -0.3 is 19.5 Å². The maximum absolute atomic E-state index is 14.2. The number of aromatic nitrogens is 1. The molecule has 2 aliphatic rings. The molecule has 1 aromatic heterocycles. The predicted molar refractivity (Wildman–Crippen MR) is 111 cm³/mol. The Balaban J connectivity index is 1.76. The molecule has 0 amide bonds. The van der Waals surface area contributed by atoms with E-state index in [1.54, 1.807) is 24.3 Å². The van der Waals surface area contributed by atoms with Crippen LogP contribution in [0.1, 0.15) is 48.8 Å². The number of halogens is 2. The lowest BCUT2D eigenvalue weighted by atomic mass is 9.69. The van der Waals surface area contributed by atoms with Crippen LogP contribution in [-0.4, -0.2) is 34.0 Å². The van der Waals surface area contributed by atoms with Gasteiger partial charge in [-0.15, -0.1) is 0 Å².